The summed E-state index contributed by atoms with van der Waals surface area (Å²) < 4.78 is 5.21. The number of fused-ring (bicyclic) bond motifs is 1. The van der Waals surface area contributed by atoms with Gasteiger partial charge in [0.25, 0.3) is 5.91 Å². The van der Waals surface area contributed by atoms with E-state index in [1.165, 1.54) is 26.8 Å². The summed E-state index contributed by atoms with van der Waals surface area (Å²) in [6, 6.07) is 5.27. The first-order valence-electron chi connectivity index (χ1n) is 9.85. The van der Waals surface area contributed by atoms with Crippen LogP contribution in [0.15, 0.2) is 36.4 Å². The van der Waals surface area contributed by atoms with Gasteiger partial charge in [-0.15, -0.1) is 0 Å². The summed E-state index contributed by atoms with van der Waals surface area (Å²) >= 11 is 0. The first kappa shape index (κ1) is 21.4. The van der Waals surface area contributed by atoms with Gasteiger partial charge in [-0.1, -0.05) is 24.3 Å². The average molecular weight is 412 g/mol. The third kappa shape index (κ3) is 4.17. The molecule has 0 spiro atoms. The van der Waals surface area contributed by atoms with E-state index in [2.05, 4.69) is 5.32 Å². The predicted octanol–water partition coefficient (Wildman–Crippen LogP) is 2.10. The van der Waals surface area contributed by atoms with Crippen molar-refractivity contribution in [3.63, 3.8) is 0 Å². The van der Waals surface area contributed by atoms with E-state index in [9.17, 15) is 24.0 Å². The van der Waals surface area contributed by atoms with Gasteiger partial charge in [0.05, 0.1) is 11.8 Å². The number of ether oxygens (including phenoxy) is 1. The molecule has 2 aliphatic rings. The van der Waals surface area contributed by atoms with Crippen molar-refractivity contribution in [2.75, 3.05) is 5.32 Å². The van der Waals surface area contributed by atoms with Crippen LogP contribution in [0, 0.1) is 11.8 Å². The molecule has 1 N–H and O–H groups in total. The number of hydrogen-bond donors (Lipinski definition) is 1. The zero-order chi connectivity index (χ0) is 22.0. The van der Waals surface area contributed by atoms with E-state index in [1.807, 2.05) is 12.2 Å². The largest absolute Gasteiger partial charge is 0.451 e. The maximum atomic E-state index is 12.6. The first-order chi connectivity index (χ1) is 14.2. The second-order valence-corrected chi connectivity index (χ2v) is 7.58. The van der Waals surface area contributed by atoms with Gasteiger partial charge in [-0.25, -0.2) is 4.79 Å². The quantitative estimate of drug-likeness (QED) is 0.332. The van der Waals surface area contributed by atoms with Gasteiger partial charge in [-0.3, -0.25) is 24.1 Å². The standard InChI is InChI=1S/C22H24N2O6/c1-12(24-20(27)17-9-4-5-10-18(17)21(24)28)22(29)30-14(3)19(26)23-16-8-6-7-15(11-16)13(2)25/h4-8,11-12,14,17-18H,9-10H2,1-3H3,(H,23,26)/t12-,14-,17+,18+/m0/s1. The molecule has 1 heterocycles. The fourth-order valence-corrected chi connectivity index (χ4v) is 3.70. The predicted molar refractivity (Wildman–Crippen MR) is 107 cm³/mol. The van der Waals surface area contributed by atoms with Crippen molar-refractivity contribution in [2.24, 2.45) is 11.8 Å². The van der Waals surface area contributed by atoms with Crippen molar-refractivity contribution in [3.05, 3.63) is 42.0 Å². The number of amides is 3. The molecule has 0 aromatic heterocycles. The van der Waals surface area contributed by atoms with Gasteiger partial charge in [0.15, 0.2) is 11.9 Å². The lowest BCUT2D eigenvalue weighted by Gasteiger charge is -2.23. The SMILES string of the molecule is CC(=O)c1cccc(NC(=O)[C@H](C)OC(=O)[C@H](C)N2C(=O)[C@@H]3CC=CC[C@H]3C2=O)c1. The molecule has 8 nitrogen and oxygen atoms in total. The Morgan fingerprint density at radius 3 is 2.23 bits per heavy atom. The number of likely N-dealkylation sites (tertiary alicyclic amines) is 1. The molecule has 158 valence electrons. The number of benzene rings is 1. The van der Waals surface area contributed by atoms with Crippen molar-refractivity contribution in [1.82, 2.24) is 4.90 Å². The minimum Gasteiger partial charge on any atom is -0.451 e. The number of ketones is 1. The Hall–Kier alpha value is -3.29. The molecule has 30 heavy (non-hydrogen) atoms. The Balaban J connectivity index is 1.61. The average Bonchev–Trinajstić information content (AvgIpc) is 2.98. The Kier molecular flexibility index (Phi) is 6.14. The van der Waals surface area contributed by atoms with Gasteiger partial charge in [-0.2, -0.15) is 0 Å². The number of imide groups is 1. The van der Waals surface area contributed by atoms with E-state index in [-0.39, 0.29) is 17.6 Å². The highest BCUT2D eigenvalue weighted by Crippen LogP contribution is 2.36. The minimum absolute atomic E-state index is 0.143. The van der Waals surface area contributed by atoms with Crippen LogP contribution in [0.1, 0.15) is 44.0 Å². The maximum absolute atomic E-state index is 12.6. The molecule has 4 atom stereocenters. The maximum Gasteiger partial charge on any atom is 0.329 e. The van der Waals surface area contributed by atoms with Crippen LogP contribution in [0.5, 0.6) is 0 Å². The van der Waals surface area contributed by atoms with Crippen LogP contribution in [0.2, 0.25) is 0 Å². The summed E-state index contributed by atoms with van der Waals surface area (Å²) in [5, 5.41) is 2.58. The van der Waals surface area contributed by atoms with Crippen molar-refractivity contribution in [1.29, 1.82) is 0 Å². The van der Waals surface area contributed by atoms with Crippen LogP contribution in [-0.4, -0.2) is 46.5 Å². The molecule has 1 saturated heterocycles. The fraction of sp³-hybridized carbons (Fsp3) is 0.409. The number of nitrogens with one attached hydrogen (secondary N) is 1. The molecule has 8 heteroatoms. The van der Waals surface area contributed by atoms with Crippen LogP contribution in [0.4, 0.5) is 5.69 Å². The Morgan fingerprint density at radius 2 is 1.67 bits per heavy atom. The number of rotatable bonds is 6. The van der Waals surface area contributed by atoms with E-state index < -0.39 is 35.9 Å². The number of anilines is 1. The normalized spacial score (nSPS) is 22.3. The summed E-state index contributed by atoms with van der Waals surface area (Å²) in [7, 11) is 0. The topological polar surface area (TPSA) is 110 Å². The van der Waals surface area contributed by atoms with Crippen LogP contribution < -0.4 is 5.32 Å². The summed E-state index contributed by atoms with van der Waals surface area (Å²) in [6.07, 6.45) is 3.54. The van der Waals surface area contributed by atoms with Gasteiger partial charge >= 0.3 is 5.97 Å². The third-order valence-corrected chi connectivity index (χ3v) is 5.47. The second-order valence-electron chi connectivity index (χ2n) is 7.58. The van der Waals surface area contributed by atoms with E-state index in [1.54, 1.807) is 18.2 Å². The second kappa shape index (κ2) is 8.61. The summed E-state index contributed by atoms with van der Waals surface area (Å²) in [5.74, 6) is -3.19. The number of nitrogens with zero attached hydrogens (tertiary/aromatic N) is 1. The van der Waals surface area contributed by atoms with Crippen LogP contribution in [0.3, 0.4) is 0 Å². The molecule has 1 aliphatic heterocycles. The zero-order valence-electron chi connectivity index (χ0n) is 17.1. The number of allylic oxidation sites excluding steroid dienone is 2. The molecule has 0 bridgehead atoms. The number of esters is 1. The third-order valence-electron chi connectivity index (χ3n) is 5.47. The molecular formula is C22H24N2O6. The Morgan fingerprint density at radius 1 is 1.07 bits per heavy atom. The van der Waals surface area contributed by atoms with Gasteiger partial charge in [0.2, 0.25) is 11.8 Å². The number of carbonyl (C=O) groups excluding carboxylic acids is 5. The molecule has 0 unspecified atom stereocenters. The summed E-state index contributed by atoms with van der Waals surface area (Å²) in [4.78, 5) is 62.5. The van der Waals surface area contributed by atoms with Crippen LogP contribution in [-0.2, 0) is 23.9 Å². The number of Topliss-reactive ketones (excluding diaryl/α,β-unsaturated/α-hetero) is 1. The lowest BCUT2D eigenvalue weighted by molar-refractivity contribution is -0.163. The molecule has 0 radical (unpaired) electrons. The highest BCUT2D eigenvalue weighted by Gasteiger charge is 2.50. The Labute approximate surface area is 174 Å². The lowest BCUT2D eigenvalue weighted by Crippen LogP contribution is -2.46. The fourth-order valence-electron chi connectivity index (χ4n) is 3.70. The van der Waals surface area contributed by atoms with E-state index >= 15 is 0 Å². The van der Waals surface area contributed by atoms with Crippen molar-refractivity contribution in [3.8, 4) is 0 Å². The molecule has 1 aliphatic carbocycles. The first-order valence-corrected chi connectivity index (χ1v) is 9.85. The molecule has 0 saturated carbocycles. The van der Waals surface area contributed by atoms with Gasteiger partial charge in [-0.05, 0) is 45.7 Å². The monoisotopic (exact) mass is 412 g/mol. The van der Waals surface area contributed by atoms with E-state index in [4.69, 9.17) is 4.74 Å². The molecule has 1 aromatic rings. The molecule has 1 fully saturated rings. The molecular weight excluding hydrogens is 388 g/mol. The molecule has 1 aromatic carbocycles. The summed E-state index contributed by atoms with van der Waals surface area (Å²) in [6.45, 7) is 4.23. The van der Waals surface area contributed by atoms with Gasteiger partial charge in [0.1, 0.15) is 6.04 Å². The van der Waals surface area contributed by atoms with E-state index in [0.717, 1.165) is 4.90 Å². The minimum atomic E-state index is -1.15. The van der Waals surface area contributed by atoms with Gasteiger partial charge < -0.3 is 10.1 Å². The lowest BCUT2D eigenvalue weighted by atomic mass is 9.85. The highest BCUT2D eigenvalue weighted by atomic mass is 16.5. The summed E-state index contributed by atoms with van der Waals surface area (Å²) in [5.41, 5.74) is 0.832. The van der Waals surface area contributed by atoms with Crippen molar-refractivity contribution >= 4 is 35.2 Å². The highest BCUT2D eigenvalue weighted by molar-refractivity contribution is 6.08. The zero-order valence-corrected chi connectivity index (χ0v) is 17.1. The van der Waals surface area contributed by atoms with Gasteiger partial charge in [0, 0.05) is 11.3 Å². The molecule has 3 amide bonds. The van der Waals surface area contributed by atoms with Crippen molar-refractivity contribution in [2.45, 2.75) is 45.8 Å². The number of hydrogen-bond acceptors (Lipinski definition) is 6. The molecule has 3 rings (SSSR count). The van der Waals surface area contributed by atoms with Crippen LogP contribution >= 0.6 is 0 Å². The Bertz CT molecular complexity index is 911. The smallest absolute Gasteiger partial charge is 0.329 e. The van der Waals surface area contributed by atoms with Crippen molar-refractivity contribution < 1.29 is 28.7 Å². The number of carbonyl (C=O) groups is 5. The van der Waals surface area contributed by atoms with E-state index in [0.29, 0.717) is 24.1 Å². The van der Waals surface area contributed by atoms with Crippen LogP contribution in [0.25, 0.3) is 0 Å².